The van der Waals surface area contributed by atoms with Gasteiger partial charge in [-0.2, -0.15) is 0 Å². The van der Waals surface area contributed by atoms with Crippen LogP contribution in [0.4, 0.5) is 0 Å². The van der Waals surface area contributed by atoms with Crippen LogP contribution in [-0.2, 0) is 56.9 Å². The third kappa shape index (κ3) is 12.8. The summed E-state index contributed by atoms with van der Waals surface area (Å²) >= 11 is 0. The van der Waals surface area contributed by atoms with Crippen molar-refractivity contribution in [2.75, 3.05) is 33.0 Å². The summed E-state index contributed by atoms with van der Waals surface area (Å²) in [7, 11) is 0. The number of carbonyl (C=O) groups excluding carboxylic acids is 1. The van der Waals surface area contributed by atoms with Gasteiger partial charge in [-0.1, -0.05) is 66.2 Å². The first-order valence-corrected chi connectivity index (χ1v) is 33.4. The molecule has 0 aromatic rings. The molecule has 13 unspecified atom stereocenters. The minimum Gasteiger partial charge on any atom is -0.453 e. The zero-order valence-electron chi connectivity index (χ0n) is 55.2. The zero-order valence-corrected chi connectivity index (χ0v) is 55.2. The molecule has 540 valence electrons. The Hall–Kier alpha value is -2.13. The highest BCUT2D eigenvalue weighted by atomic mass is 16.8. The number of hydrogen-bond acceptors (Lipinski definition) is 29. The van der Waals surface area contributed by atoms with Gasteiger partial charge in [0.15, 0.2) is 37.6 Å². The molecular formula is C65H106O29. The lowest BCUT2D eigenvalue weighted by atomic mass is 9.33. The maximum atomic E-state index is 13.3. The minimum absolute atomic E-state index is 0.0299. The fourth-order valence-electron chi connectivity index (χ4n) is 18.4. The van der Waals surface area contributed by atoms with E-state index in [1.807, 2.05) is 13.8 Å². The van der Waals surface area contributed by atoms with Crippen molar-refractivity contribution in [2.45, 2.75) is 292 Å². The average Bonchev–Trinajstić information content (AvgIpc) is 0.675. The molecule has 29 heteroatoms. The molecule has 5 saturated heterocycles. The molecule has 0 aromatic heterocycles. The predicted molar refractivity (Wildman–Crippen MR) is 320 cm³/mol. The van der Waals surface area contributed by atoms with Crippen molar-refractivity contribution < 1.29 is 144 Å². The number of carbonyl (C=O) groups is 1. The molecule has 5 aliphatic carbocycles. The highest BCUT2D eigenvalue weighted by Gasteiger charge is 2.71. The fourth-order valence-corrected chi connectivity index (χ4v) is 18.4. The Morgan fingerprint density at radius 2 is 1.07 bits per heavy atom. The van der Waals surface area contributed by atoms with E-state index in [1.165, 1.54) is 19.9 Å². The second-order valence-corrected chi connectivity index (χ2v) is 30.7. The molecule has 94 heavy (non-hydrogen) atoms. The van der Waals surface area contributed by atoms with Crippen molar-refractivity contribution in [2.24, 2.45) is 50.2 Å². The summed E-state index contributed by atoms with van der Waals surface area (Å²) in [5, 5.41) is 187. The zero-order chi connectivity index (χ0) is 69.0. The molecule has 29 nitrogen and oxygen atoms in total. The summed E-state index contributed by atoms with van der Waals surface area (Å²) < 4.78 is 66.6. The molecule has 0 spiro atoms. The summed E-state index contributed by atoms with van der Waals surface area (Å²) in [5.74, 6) is -1.11. The molecule has 35 atom stereocenters. The normalized spacial score (nSPS) is 52.7. The third-order valence-corrected chi connectivity index (χ3v) is 24.8. The fraction of sp³-hybridized carbons (Fsp3) is 0.923. The van der Waals surface area contributed by atoms with Crippen molar-refractivity contribution in [1.29, 1.82) is 0 Å². The summed E-state index contributed by atoms with van der Waals surface area (Å²) in [4.78, 5) is 13.3. The molecule has 10 rings (SSSR count). The van der Waals surface area contributed by atoms with Gasteiger partial charge in [-0.05, 0) is 117 Å². The smallest absolute Gasteiger partial charge is 0.333 e. The van der Waals surface area contributed by atoms with Crippen molar-refractivity contribution >= 4 is 5.97 Å². The van der Waals surface area contributed by atoms with Gasteiger partial charge in [-0.15, -0.1) is 0 Å². The topological polar surface area (TPSA) is 463 Å². The van der Waals surface area contributed by atoms with E-state index in [-0.39, 0.29) is 34.8 Å². The lowest BCUT2D eigenvalue weighted by Gasteiger charge is -2.72. The molecule has 9 fully saturated rings. The molecule has 10 aliphatic rings. The Morgan fingerprint density at radius 1 is 0.543 bits per heavy atom. The second kappa shape index (κ2) is 28.0. The van der Waals surface area contributed by atoms with E-state index in [2.05, 4.69) is 40.7 Å². The molecule has 0 bridgehead atoms. The molecule has 5 heterocycles. The van der Waals surface area contributed by atoms with Crippen LogP contribution in [0.1, 0.15) is 121 Å². The molecule has 0 aromatic carbocycles. The summed E-state index contributed by atoms with van der Waals surface area (Å²) in [6.07, 6.45) is -35.6. The number of ether oxygens (including phenoxy) is 11. The monoisotopic (exact) mass is 1350 g/mol. The van der Waals surface area contributed by atoms with Crippen LogP contribution in [0.5, 0.6) is 0 Å². The van der Waals surface area contributed by atoms with Gasteiger partial charge in [-0.3, -0.25) is 0 Å². The Balaban J connectivity index is 0.900. The lowest BCUT2D eigenvalue weighted by molar-refractivity contribution is -0.374. The Labute approximate surface area is 547 Å². The van der Waals surface area contributed by atoms with Crippen molar-refractivity contribution in [1.82, 2.24) is 0 Å². The molecule has 0 amide bonds. The molecule has 17 N–H and O–H groups in total. The standard InChI is InChI=1S/C65H106O29/c1-11-26(2)54(83)93-50-41(72)33(24-85-56-47(78)44(75)39(70)31(22-67)89-56)90-58(49(50)80)92-36-15-16-62(8)34(61(36,6)7)14-17-64(10)35(62)13-12-28-29-20-60(4,5)52(81)53(82)65(29,19-18-63(28,64)9)25-86-59-51(94-57-48(79)42(73)37(68)27(3)87-57)45(76)40(71)32(91-59)23-84-55-46(77)43(74)38(69)30(21-66)88-55/h11-12,27,29-53,55-59,66-82H,13-25H2,1-10H3/b26-11+/t27?,29?,30?,31?,32?,33?,34?,35?,36-,37-,38+,39+,40+,41+,42?,43?,44?,45?,46-,47-,48-,49-,50?,51-,52-,53-,55+,56+,57-,58-,59+,62-,63+,64+,65-/m0/s1. The number of rotatable bonds is 17. The maximum absolute atomic E-state index is 13.3. The van der Waals surface area contributed by atoms with E-state index in [0.29, 0.717) is 38.5 Å². The van der Waals surface area contributed by atoms with Crippen LogP contribution in [0.2, 0.25) is 0 Å². The number of esters is 1. The lowest BCUT2D eigenvalue weighted by Crippen LogP contribution is -2.69. The van der Waals surface area contributed by atoms with Gasteiger partial charge >= 0.3 is 5.97 Å². The van der Waals surface area contributed by atoms with Crippen LogP contribution >= 0.6 is 0 Å². The first kappa shape index (κ1) is 74.6. The van der Waals surface area contributed by atoms with Crippen LogP contribution in [-0.4, -0.2) is 298 Å². The van der Waals surface area contributed by atoms with Crippen LogP contribution in [0, 0.1) is 50.2 Å². The first-order valence-electron chi connectivity index (χ1n) is 33.4. The van der Waals surface area contributed by atoms with E-state index in [9.17, 15) is 91.6 Å². The number of allylic oxidation sites excluding steroid dienone is 3. The van der Waals surface area contributed by atoms with Crippen molar-refractivity contribution in [3.8, 4) is 0 Å². The van der Waals surface area contributed by atoms with Gasteiger partial charge in [0.1, 0.15) is 110 Å². The molecular weight excluding hydrogens is 1240 g/mol. The Bertz CT molecular complexity index is 2660. The average molecular weight is 1350 g/mol. The van der Waals surface area contributed by atoms with Gasteiger partial charge in [0.2, 0.25) is 0 Å². The molecule has 0 radical (unpaired) electrons. The van der Waals surface area contributed by atoms with Crippen LogP contribution in [0.25, 0.3) is 0 Å². The number of fused-ring (bicyclic) bond motifs is 7. The molecule has 4 saturated carbocycles. The largest absolute Gasteiger partial charge is 0.453 e. The summed E-state index contributed by atoms with van der Waals surface area (Å²) in [6.45, 7) is 16.7. The quantitative estimate of drug-likeness (QED) is 0.0294. The van der Waals surface area contributed by atoms with Crippen molar-refractivity contribution in [3.63, 3.8) is 0 Å². The number of aliphatic hydroxyl groups is 17. The van der Waals surface area contributed by atoms with Gasteiger partial charge in [0, 0.05) is 11.0 Å². The van der Waals surface area contributed by atoms with E-state index in [4.69, 9.17) is 52.1 Å². The first-order chi connectivity index (χ1) is 44.0. The van der Waals surface area contributed by atoms with Gasteiger partial charge in [0.25, 0.3) is 0 Å². The number of hydrogen-bond donors (Lipinski definition) is 17. The Morgan fingerprint density at radius 3 is 1.66 bits per heavy atom. The Kier molecular flexibility index (Phi) is 22.2. The highest BCUT2D eigenvalue weighted by molar-refractivity contribution is 5.87. The van der Waals surface area contributed by atoms with Gasteiger partial charge in [0.05, 0.1) is 57.5 Å². The summed E-state index contributed by atoms with van der Waals surface area (Å²) in [5.41, 5.74) is -2.50. The molecule has 5 aliphatic heterocycles. The van der Waals surface area contributed by atoms with Crippen LogP contribution in [0.3, 0.4) is 0 Å². The van der Waals surface area contributed by atoms with E-state index >= 15 is 0 Å². The summed E-state index contributed by atoms with van der Waals surface area (Å²) in [6, 6.07) is 0. The van der Waals surface area contributed by atoms with E-state index in [1.54, 1.807) is 6.92 Å². The highest BCUT2D eigenvalue weighted by Crippen LogP contribution is 2.76. The van der Waals surface area contributed by atoms with E-state index < -0.39 is 232 Å². The minimum atomic E-state index is -1.92. The maximum Gasteiger partial charge on any atom is 0.333 e. The predicted octanol–water partition coefficient (Wildman–Crippen LogP) is -3.25. The van der Waals surface area contributed by atoms with Crippen molar-refractivity contribution in [3.05, 3.63) is 23.3 Å². The van der Waals surface area contributed by atoms with Crippen LogP contribution < -0.4 is 0 Å². The van der Waals surface area contributed by atoms with Crippen LogP contribution in [0.15, 0.2) is 23.3 Å². The third-order valence-electron chi connectivity index (χ3n) is 24.8. The van der Waals surface area contributed by atoms with E-state index in [0.717, 1.165) is 18.4 Å². The van der Waals surface area contributed by atoms with Gasteiger partial charge < -0.3 is 139 Å². The SMILES string of the molecule is C/C=C(\C)C(=O)OC1[C@H](O)C(CO[C@@H]2OC(CO)[C@@H](O)C(O)[C@@H]2O)O[C@@H](O[C@H]2CC[C@@]3(C)C(CC[C@]4(C)C3CC=C3C5CC(C)(C)[C@@H](O)[C@H](O)[C@]5(CO[C@@H]5OC(CO[C@@H]6OC(CO)[C@@H](O)C(O)[C@@H]6O)[C@@H](O)C(O)[C@@H]5O[C@@H]5OC(C)[C@H](O)C(O)[C@@H]5O)CC[C@]34C)C2(C)C)[C@H]1O. The second-order valence-electron chi connectivity index (χ2n) is 30.7. The number of aliphatic hydroxyl groups excluding tert-OH is 17. The van der Waals surface area contributed by atoms with Gasteiger partial charge in [-0.25, -0.2) is 4.79 Å².